The van der Waals surface area contributed by atoms with E-state index in [1.54, 1.807) is 11.1 Å². The first kappa shape index (κ1) is 21.9. The number of hydrogen-bond acceptors (Lipinski definition) is 10. The van der Waals surface area contributed by atoms with Crippen LogP contribution >= 0.6 is 0 Å². The van der Waals surface area contributed by atoms with Gasteiger partial charge in [-0.25, -0.2) is 15.2 Å². The molecule has 2 aliphatic rings. The molecular weight excluding hydrogens is 412 g/mol. The third-order valence-electron chi connectivity index (χ3n) is 5.34. The molecule has 32 heavy (non-hydrogen) atoms. The van der Waals surface area contributed by atoms with Crippen LogP contribution in [0.5, 0.6) is 0 Å². The summed E-state index contributed by atoms with van der Waals surface area (Å²) in [6, 6.07) is 9.77. The summed E-state index contributed by atoms with van der Waals surface area (Å²) < 4.78 is 10.7. The average Bonchev–Trinajstić information content (AvgIpc) is 2.85. The number of anilines is 2. The standard InChI is InChI=1S/C21H28N8O3/c1-2-32-21(30)28-8-9-29(18(15-28)27-10-12-31-13-11-27)20-23-16-22-19(25-20)26-24-14-17-6-4-3-5-7-17/h3-7,14,16,18H,2,8-13,15H2,1H3,(H,22,23,25,26). The van der Waals surface area contributed by atoms with Crippen LogP contribution in [0.15, 0.2) is 41.8 Å². The van der Waals surface area contributed by atoms with Crippen molar-refractivity contribution in [2.24, 2.45) is 5.10 Å². The molecule has 11 heteroatoms. The molecule has 0 aliphatic carbocycles. The van der Waals surface area contributed by atoms with Gasteiger partial charge in [-0.2, -0.15) is 15.1 Å². The van der Waals surface area contributed by atoms with Crippen LogP contribution in [0.2, 0.25) is 0 Å². The van der Waals surface area contributed by atoms with E-state index in [1.807, 2.05) is 37.3 Å². The van der Waals surface area contributed by atoms with E-state index in [4.69, 9.17) is 9.47 Å². The van der Waals surface area contributed by atoms with Gasteiger partial charge in [0.1, 0.15) is 12.5 Å². The van der Waals surface area contributed by atoms with Crippen LogP contribution in [0.3, 0.4) is 0 Å². The Morgan fingerprint density at radius 3 is 2.81 bits per heavy atom. The second kappa shape index (κ2) is 10.8. The van der Waals surface area contributed by atoms with Crippen molar-refractivity contribution < 1.29 is 14.3 Å². The highest BCUT2D eigenvalue weighted by molar-refractivity contribution is 5.79. The minimum Gasteiger partial charge on any atom is -0.450 e. The van der Waals surface area contributed by atoms with Gasteiger partial charge in [-0.05, 0) is 12.5 Å². The number of rotatable bonds is 6. The van der Waals surface area contributed by atoms with Gasteiger partial charge in [0, 0.05) is 26.2 Å². The molecule has 170 valence electrons. The van der Waals surface area contributed by atoms with Gasteiger partial charge in [0.2, 0.25) is 11.9 Å². The summed E-state index contributed by atoms with van der Waals surface area (Å²) in [6.07, 6.45) is 2.80. The molecule has 1 aromatic heterocycles. The Morgan fingerprint density at radius 1 is 1.22 bits per heavy atom. The number of piperazine rings is 1. The second-order valence-electron chi connectivity index (χ2n) is 7.36. The number of benzene rings is 1. The Hall–Kier alpha value is -3.31. The van der Waals surface area contributed by atoms with Crippen molar-refractivity contribution in [3.63, 3.8) is 0 Å². The van der Waals surface area contributed by atoms with Crippen LogP contribution in [0.1, 0.15) is 12.5 Å². The molecule has 0 saturated carbocycles. The maximum absolute atomic E-state index is 12.3. The number of carbonyl (C=O) groups excluding carboxylic acids is 1. The molecule has 0 radical (unpaired) electrons. The van der Waals surface area contributed by atoms with E-state index in [0.29, 0.717) is 51.4 Å². The summed E-state index contributed by atoms with van der Waals surface area (Å²) in [5.41, 5.74) is 3.84. The van der Waals surface area contributed by atoms with Crippen LogP contribution in [-0.4, -0.2) is 95.8 Å². The van der Waals surface area contributed by atoms with Crippen LogP contribution in [-0.2, 0) is 9.47 Å². The fourth-order valence-electron chi connectivity index (χ4n) is 3.75. The lowest BCUT2D eigenvalue weighted by atomic mass is 10.2. The Kier molecular flexibility index (Phi) is 7.41. The molecule has 1 aromatic carbocycles. The third kappa shape index (κ3) is 5.48. The minimum absolute atomic E-state index is 0.0832. The van der Waals surface area contributed by atoms with Gasteiger partial charge in [0.25, 0.3) is 0 Å². The lowest BCUT2D eigenvalue weighted by molar-refractivity contribution is 0.0000488. The number of hydrogen-bond donors (Lipinski definition) is 1. The van der Waals surface area contributed by atoms with Gasteiger partial charge in [-0.1, -0.05) is 30.3 Å². The van der Waals surface area contributed by atoms with E-state index < -0.39 is 0 Å². The Balaban J connectivity index is 1.49. The summed E-state index contributed by atoms with van der Waals surface area (Å²) in [6.45, 7) is 6.63. The molecule has 1 atom stereocenters. The van der Waals surface area contributed by atoms with Gasteiger partial charge in [0.05, 0.1) is 32.6 Å². The maximum atomic E-state index is 12.3. The molecule has 1 N–H and O–H groups in total. The molecular formula is C21H28N8O3. The number of aromatic nitrogens is 3. The van der Waals surface area contributed by atoms with Crippen LogP contribution < -0.4 is 10.3 Å². The lowest BCUT2D eigenvalue weighted by Crippen LogP contribution is -2.63. The van der Waals surface area contributed by atoms with Gasteiger partial charge in [0.15, 0.2) is 0 Å². The number of nitrogens with one attached hydrogen (secondary N) is 1. The molecule has 11 nitrogen and oxygen atoms in total. The first-order valence-corrected chi connectivity index (χ1v) is 10.8. The van der Waals surface area contributed by atoms with Crippen molar-refractivity contribution in [2.45, 2.75) is 13.1 Å². The van der Waals surface area contributed by atoms with Gasteiger partial charge < -0.3 is 19.3 Å². The third-order valence-corrected chi connectivity index (χ3v) is 5.34. The molecule has 1 amide bonds. The fourth-order valence-corrected chi connectivity index (χ4v) is 3.75. The highest BCUT2D eigenvalue weighted by atomic mass is 16.6. The molecule has 2 fully saturated rings. The van der Waals surface area contributed by atoms with E-state index in [-0.39, 0.29) is 12.3 Å². The quantitative estimate of drug-likeness (QED) is 0.524. The molecule has 2 saturated heterocycles. The van der Waals surface area contributed by atoms with E-state index in [9.17, 15) is 4.79 Å². The summed E-state index contributed by atoms with van der Waals surface area (Å²) in [7, 11) is 0. The predicted molar refractivity (Wildman–Crippen MR) is 120 cm³/mol. The van der Waals surface area contributed by atoms with Gasteiger partial charge in [-0.15, -0.1) is 0 Å². The minimum atomic E-state index is -0.293. The highest BCUT2D eigenvalue weighted by Crippen LogP contribution is 2.21. The molecule has 2 aromatic rings. The summed E-state index contributed by atoms with van der Waals surface area (Å²) in [5, 5.41) is 4.22. The smallest absolute Gasteiger partial charge is 0.409 e. The largest absolute Gasteiger partial charge is 0.450 e. The monoisotopic (exact) mass is 440 g/mol. The molecule has 1 unspecified atom stereocenters. The van der Waals surface area contributed by atoms with E-state index in [0.717, 1.165) is 18.7 Å². The molecule has 4 rings (SSSR count). The molecule has 2 aliphatic heterocycles. The second-order valence-corrected chi connectivity index (χ2v) is 7.36. The van der Waals surface area contributed by atoms with Gasteiger partial charge >= 0.3 is 6.09 Å². The van der Waals surface area contributed by atoms with Crippen LogP contribution in [0.4, 0.5) is 16.7 Å². The van der Waals surface area contributed by atoms with Crippen molar-refractivity contribution in [3.05, 3.63) is 42.2 Å². The zero-order chi connectivity index (χ0) is 22.2. The zero-order valence-electron chi connectivity index (χ0n) is 18.1. The van der Waals surface area contributed by atoms with Crippen molar-refractivity contribution >= 4 is 24.2 Å². The molecule has 3 heterocycles. The van der Waals surface area contributed by atoms with Crippen molar-refractivity contribution in [3.8, 4) is 0 Å². The SMILES string of the molecule is CCOC(=O)N1CCN(c2ncnc(NN=Cc3ccccc3)n2)C(N2CCOCC2)C1. The normalized spacial score (nSPS) is 19.8. The number of ether oxygens (including phenoxy) is 2. The van der Waals surface area contributed by atoms with Crippen LogP contribution in [0, 0.1) is 0 Å². The Morgan fingerprint density at radius 2 is 2.03 bits per heavy atom. The summed E-state index contributed by atoms with van der Waals surface area (Å²) >= 11 is 0. The number of morpholine rings is 1. The van der Waals surface area contributed by atoms with E-state index in [1.165, 1.54) is 6.33 Å². The van der Waals surface area contributed by atoms with E-state index in [2.05, 4.69) is 35.3 Å². The average molecular weight is 441 g/mol. The Labute approximate surface area is 187 Å². The molecule has 0 bridgehead atoms. The topological polar surface area (TPSA) is 108 Å². The summed E-state index contributed by atoms with van der Waals surface area (Å²) in [5.74, 6) is 0.896. The summed E-state index contributed by atoms with van der Waals surface area (Å²) in [4.78, 5) is 31.6. The lowest BCUT2D eigenvalue weighted by Gasteiger charge is -2.46. The fraction of sp³-hybridized carbons (Fsp3) is 0.476. The number of hydrazone groups is 1. The number of nitrogens with zero attached hydrogens (tertiary/aromatic N) is 7. The molecule has 0 spiro atoms. The first-order chi connectivity index (χ1) is 15.7. The first-order valence-electron chi connectivity index (χ1n) is 10.8. The highest BCUT2D eigenvalue weighted by Gasteiger charge is 2.36. The Bertz CT molecular complexity index is 907. The number of carbonyl (C=O) groups is 1. The van der Waals surface area contributed by atoms with Gasteiger partial charge in [-0.3, -0.25) is 4.90 Å². The van der Waals surface area contributed by atoms with Crippen LogP contribution in [0.25, 0.3) is 0 Å². The number of amides is 1. The zero-order valence-corrected chi connectivity index (χ0v) is 18.1. The van der Waals surface area contributed by atoms with E-state index >= 15 is 0 Å². The maximum Gasteiger partial charge on any atom is 0.409 e. The van der Waals surface area contributed by atoms with Crippen molar-refractivity contribution in [1.29, 1.82) is 0 Å². The van der Waals surface area contributed by atoms with Crippen molar-refractivity contribution in [1.82, 2.24) is 24.8 Å². The van der Waals surface area contributed by atoms with Crippen molar-refractivity contribution in [2.75, 3.05) is 62.9 Å². The predicted octanol–water partition coefficient (Wildman–Crippen LogP) is 1.25.